The molecule has 0 saturated heterocycles. The number of H-pyrrole nitrogens is 1. The van der Waals surface area contributed by atoms with E-state index in [0.29, 0.717) is 5.69 Å². The van der Waals surface area contributed by atoms with E-state index in [2.05, 4.69) is 10.1 Å². The molecule has 74 valence electrons. The van der Waals surface area contributed by atoms with Gasteiger partial charge in [-0.05, 0) is 12.1 Å². The Morgan fingerprint density at radius 3 is 3.13 bits per heavy atom. The number of nitrogens with zero attached hydrogens (tertiary/aromatic N) is 3. The molecular formula is C10H8N4O. The van der Waals surface area contributed by atoms with E-state index < -0.39 is 0 Å². The summed E-state index contributed by atoms with van der Waals surface area (Å²) in [6.07, 6.45) is 3.32. The molecular weight excluding hydrogens is 192 g/mol. The highest BCUT2D eigenvalue weighted by molar-refractivity contribution is 5.56. The summed E-state index contributed by atoms with van der Waals surface area (Å²) in [4.78, 5) is 15.3. The first-order valence-electron chi connectivity index (χ1n) is 4.38. The van der Waals surface area contributed by atoms with Crippen LogP contribution in [0, 0.1) is 11.3 Å². The predicted molar refractivity (Wildman–Crippen MR) is 53.9 cm³/mol. The third-order valence-electron chi connectivity index (χ3n) is 1.99. The lowest BCUT2D eigenvalue weighted by atomic mass is 10.2. The lowest BCUT2D eigenvalue weighted by Gasteiger charge is -1.96. The standard InChI is InChI=1S/C10H8N4O/c11-3-5-14-10(15)6-9(13-14)8-2-1-4-12-7-8/h1-2,4,6-7,13H,5H2. The Hall–Kier alpha value is -2.35. The molecule has 0 aliphatic rings. The van der Waals surface area contributed by atoms with Crippen molar-refractivity contribution in [2.24, 2.45) is 0 Å². The van der Waals surface area contributed by atoms with Crippen LogP contribution >= 0.6 is 0 Å². The Morgan fingerprint density at radius 1 is 1.60 bits per heavy atom. The van der Waals surface area contributed by atoms with Crippen LogP contribution in [0.1, 0.15) is 0 Å². The van der Waals surface area contributed by atoms with Crippen molar-refractivity contribution in [3.05, 3.63) is 40.9 Å². The number of rotatable bonds is 2. The second kappa shape index (κ2) is 3.80. The molecule has 2 aromatic heterocycles. The van der Waals surface area contributed by atoms with Crippen molar-refractivity contribution in [2.75, 3.05) is 0 Å². The molecule has 0 aromatic carbocycles. The van der Waals surface area contributed by atoms with Crippen LogP contribution in [0.5, 0.6) is 0 Å². The first kappa shape index (κ1) is 9.21. The number of hydrogen-bond donors (Lipinski definition) is 1. The first-order chi connectivity index (χ1) is 7.31. The molecule has 0 spiro atoms. The van der Waals surface area contributed by atoms with Crippen LogP contribution in [0.3, 0.4) is 0 Å². The quantitative estimate of drug-likeness (QED) is 0.777. The molecule has 0 bridgehead atoms. The maximum atomic E-state index is 11.4. The Labute approximate surface area is 85.6 Å². The minimum Gasteiger partial charge on any atom is -0.294 e. The summed E-state index contributed by atoms with van der Waals surface area (Å²) in [6, 6.07) is 6.99. The smallest absolute Gasteiger partial charge is 0.268 e. The molecule has 0 saturated carbocycles. The average Bonchev–Trinajstić information content (AvgIpc) is 2.63. The molecule has 0 atom stereocenters. The molecule has 0 fully saturated rings. The van der Waals surface area contributed by atoms with Crippen molar-refractivity contribution >= 4 is 0 Å². The number of nitrogens with one attached hydrogen (secondary N) is 1. The van der Waals surface area contributed by atoms with Gasteiger partial charge in [-0.25, -0.2) is 4.68 Å². The van der Waals surface area contributed by atoms with Gasteiger partial charge in [-0.3, -0.25) is 14.9 Å². The van der Waals surface area contributed by atoms with Crippen molar-refractivity contribution < 1.29 is 0 Å². The van der Waals surface area contributed by atoms with Crippen molar-refractivity contribution in [3.63, 3.8) is 0 Å². The summed E-state index contributed by atoms with van der Waals surface area (Å²) in [5.41, 5.74) is 1.28. The number of aromatic nitrogens is 3. The summed E-state index contributed by atoms with van der Waals surface area (Å²) < 4.78 is 1.25. The van der Waals surface area contributed by atoms with E-state index in [-0.39, 0.29) is 12.1 Å². The van der Waals surface area contributed by atoms with Gasteiger partial charge in [0.05, 0.1) is 11.8 Å². The zero-order chi connectivity index (χ0) is 10.7. The molecule has 15 heavy (non-hydrogen) atoms. The van der Waals surface area contributed by atoms with E-state index in [1.165, 1.54) is 10.7 Å². The largest absolute Gasteiger partial charge is 0.294 e. The maximum Gasteiger partial charge on any atom is 0.268 e. The van der Waals surface area contributed by atoms with Crippen molar-refractivity contribution in [1.29, 1.82) is 5.26 Å². The number of aromatic amines is 1. The molecule has 0 unspecified atom stereocenters. The summed E-state index contributed by atoms with van der Waals surface area (Å²) >= 11 is 0. The fourth-order valence-corrected chi connectivity index (χ4v) is 1.29. The normalized spacial score (nSPS) is 9.80. The summed E-state index contributed by atoms with van der Waals surface area (Å²) in [6.45, 7) is 0.0269. The SMILES string of the molecule is N#CCn1[nH]c(-c2cccnc2)cc1=O. The molecule has 5 nitrogen and oxygen atoms in total. The van der Waals surface area contributed by atoms with Crippen LogP contribution < -0.4 is 5.56 Å². The topological polar surface area (TPSA) is 74.5 Å². The zero-order valence-corrected chi connectivity index (χ0v) is 7.84. The average molecular weight is 200 g/mol. The van der Waals surface area contributed by atoms with E-state index in [9.17, 15) is 4.79 Å². The maximum absolute atomic E-state index is 11.4. The summed E-state index contributed by atoms with van der Waals surface area (Å²) in [7, 11) is 0. The second-order valence-electron chi connectivity index (χ2n) is 2.99. The highest BCUT2D eigenvalue weighted by Gasteiger charge is 2.03. The number of pyridine rings is 1. The lowest BCUT2D eigenvalue weighted by Crippen LogP contribution is -2.14. The number of nitriles is 1. The third kappa shape index (κ3) is 1.79. The zero-order valence-electron chi connectivity index (χ0n) is 7.84. The highest BCUT2D eigenvalue weighted by Crippen LogP contribution is 2.12. The predicted octanol–water partition coefficient (Wildman–Crippen LogP) is 0.762. The van der Waals surface area contributed by atoms with Crippen LogP contribution in [-0.4, -0.2) is 14.8 Å². The lowest BCUT2D eigenvalue weighted by molar-refractivity contribution is 0.687. The van der Waals surface area contributed by atoms with Crippen LogP contribution in [0.15, 0.2) is 35.4 Å². The van der Waals surface area contributed by atoms with Gasteiger partial charge in [0.2, 0.25) is 0 Å². The van der Waals surface area contributed by atoms with Crippen LogP contribution in [0.25, 0.3) is 11.3 Å². The van der Waals surface area contributed by atoms with Gasteiger partial charge >= 0.3 is 0 Å². The van der Waals surface area contributed by atoms with Gasteiger partial charge in [0.15, 0.2) is 0 Å². The molecule has 1 N–H and O–H groups in total. The first-order valence-corrected chi connectivity index (χ1v) is 4.38. The van der Waals surface area contributed by atoms with E-state index in [4.69, 9.17) is 5.26 Å². The molecule has 2 aromatic rings. The second-order valence-corrected chi connectivity index (χ2v) is 2.99. The van der Waals surface area contributed by atoms with Gasteiger partial charge < -0.3 is 0 Å². The molecule has 2 rings (SSSR count). The van der Waals surface area contributed by atoms with Gasteiger partial charge in [0, 0.05) is 24.0 Å². The summed E-state index contributed by atoms with van der Waals surface area (Å²) in [5, 5.41) is 11.3. The molecule has 2 heterocycles. The number of hydrogen-bond acceptors (Lipinski definition) is 3. The van der Waals surface area contributed by atoms with Crippen molar-refractivity contribution in [1.82, 2.24) is 14.8 Å². The molecule has 5 heteroatoms. The van der Waals surface area contributed by atoms with Crippen LogP contribution in [0.4, 0.5) is 0 Å². The van der Waals surface area contributed by atoms with E-state index >= 15 is 0 Å². The van der Waals surface area contributed by atoms with Gasteiger partial charge in [-0.1, -0.05) is 0 Å². The fraction of sp³-hybridized carbons (Fsp3) is 0.100. The minimum atomic E-state index is -0.213. The third-order valence-corrected chi connectivity index (χ3v) is 1.99. The Balaban J connectivity index is 2.44. The Morgan fingerprint density at radius 2 is 2.47 bits per heavy atom. The molecule has 0 aliphatic carbocycles. The monoisotopic (exact) mass is 200 g/mol. The van der Waals surface area contributed by atoms with Gasteiger partial charge in [-0.2, -0.15) is 5.26 Å². The van der Waals surface area contributed by atoms with Gasteiger partial charge in [0.25, 0.3) is 5.56 Å². The van der Waals surface area contributed by atoms with E-state index in [1.54, 1.807) is 18.5 Å². The Kier molecular flexibility index (Phi) is 2.33. The molecule has 0 amide bonds. The fourth-order valence-electron chi connectivity index (χ4n) is 1.29. The van der Waals surface area contributed by atoms with Gasteiger partial charge in [0.1, 0.15) is 6.54 Å². The highest BCUT2D eigenvalue weighted by atomic mass is 16.1. The summed E-state index contributed by atoms with van der Waals surface area (Å²) in [5.74, 6) is 0. The molecule has 0 aliphatic heterocycles. The van der Waals surface area contributed by atoms with E-state index in [1.807, 2.05) is 12.1 Å². The molecule has 0 radical (unpaired) electrons. The minimum absolute atomic E-state index is 0.0269. The van der Waals surface area contributed by atoms with Gasteiger partial charge in [-0.15, -0.1) is 0 Å². The van der Waals surface area contributed by atoms with Crippen LogP contribution in [0.2, 0.25) is 0 Å². The van der Waals surface area contributed by atoms with E-state index in [0.717, 1.165) is 5.56 Å². The Bertz CT molecular complexity index is 547. The van der Waals surface area contributed by atoms with Crippen molar-refractivity contribution in [3.8, 4) is 17.3 Å². The van der Waals surface area contributed by atoms with Crippen molar-refractivity contribution in [2.45, 2.75) is 6.54 Å². The van der Waals surface area contributed by atoms with Crippen LogP contribution in [-0.2, 0) is 6.54 Å².